The molecule has 0 saturated carbocycles. The topological polar surface area (TPSA) is 42.4 Å². The van der Waals surface area contributed by atoms with E-state index in [2.05, 4.69) is 23.7 Å². The van der Waals surface area contributed by atoms with Gasteiger partial charge in [0, 0.05) is 36.7 Å². The maximum Gasteiger partial charge on any atom is 0.254 e. The summed E-state index contributed by atoms with van der Waals surface area (Å²) in [6.45, 7) is 4.14. The molecule has 1 amide bonds. The monoisotopic (exact) mass is 336 g/mol. The van der Waals surface area contributed by atoms with Crippen LogP contribution in [0.5, 0.6) is 5.75 Å². The highest BCUT2D eigenvalue weighted by Gasteiger charge is 2.44. The quantitative estimate of drug-likeness (QED) is 0.853. The number of piperidine rings is 1. The molecule has 2 fully saturated rings. The molecule has 2 atom stereocenters. The van der Waals surface area contributed by atoms with Gasteiger partial charge in [0.05, 0.1) is 6.20 Å². The normalized spacial score (nSPS) is 25.0. The molecule has 2 saturated heterocycles. The summed E-state index contributed by atoms with van der Waals surface area (Å²) in [5.74, 6) is 0.997. The van der Waals surface area contributed by atoms with E-state index in [1.165, 1.54) is 11.1 Å². The summed E-state index contributed by atoms with van der Waals surface area (Å²) >= 11 is 0. The molecule has 2 aliphatic heterocycles. The van der Waals surface area contributed by atoms with Crippen molar-refractivity contribution in [1.82, 2.24) is 9.88 Å². The van der Waals surface area contributed by atoms with Crippen LogP contribution < -0.4 is 4.74 Å². The van der Waals surface area contributed by atoms with Gasteiger partial charge in [0.25, 0.3) is 5.91 Å². The van der Waals surface area contributed by atoms with Crippen LogP contribution in [0.3, 0.4) is 0 Å². The smallest absolute Gasteiger partial charge is 0.254 e. The number of benzene rings is 1. The lowest BCUT2D eigenvalue weighted by Crippen LogP contribution is -2.49. The van der Waals surface area contributed by atoms with Crippen molar-refractivity contribution in [2.45, 2.75) is 57.7 Å². The molecule has 0 N–H and O–H groups in total. The summed E-state index contributed by atoms with van der Waals surface area (Å²) in [6, 6.07) is 10.4. The second kappa shape index (κ2) is 6.51. The minimum atomic E-state index is 0.172. The summed E-state index contributed by atoms with van der Waals surface area (Å²) in [4.78, 5) is 19.3. The predicted molar refractivity (Wildman–Crippen MR) is 96.8 cm³/mol. The predicted octanol–water partition coefficient (Wildman–Crippen LogP) is 3.91. The van der Waals surface area contributed by atoms with E-state index >= 15 is 0 Å². The number of fused-ring (bicyclic) bond motifs is 2. The van der Waals surface area contributed by atoms with Gasteiger partial charge in [-0.25, -0.2) is 0 Å². The van der Waals surface area contributed by atoms with E-state index < -0.39 is 0 Å². The second-order valence-corrected chi connectivity index (χ2v) is 7.30. The number of carbonyl (C=O) groups excluding carboxylic acids is 1. The maximum atomic E-state index is 13.1. The molecule has 25 heavy (non-hydrogen) atoms. The molecule has 0 radical (unpaired) electrons. The number of aromatic nitrogens is 1. The Morgan fingerprint density at radius 2 is 1.88 bits per heavy atom. The van der Waals surface area contributed by atoms with E-state index in [1.807, 2.05) is 30.3 Å². The Bertz CT molecular complexity index is 761. The fraction of sp³-hybridized carbons (Fsp3) is 0.429. The Morgan fingerprint density at radius 1 is 1.12 bits per heavy atom. The minimum absolute atomic E-state index is 0.172. The number of rotatable bonds is 3. The van der Waals surface area contributed by atoms with Crippen LogP contribution in [0.15, 0.2) is 42.7 Å². The first-order valence-corrected chi connectivity index (χ1v) is 9.08. The molecule has 4 rings (SSSR count). The molecule has 1 aromatic heterocycles. The molecule has 2 bridgehead atoms. The summed E-state index contributed by atoms with van der Waals surface area (Å²) in [5, 5.41) is 0. The van der Waals surface area contributed by atoms with Gasteiger partial charge >= 0.3 is 0 Å². The lowest BCUT2D eigenvalue weighted by Gasteiger charge is -2.39. The van der Waals surface area contributed by atoms with E-state index in [9.17, 15) is 4.79 Å². The van der Waals surface area contributed by atoms with Crippen LogP contribution in [-0.2, 0) is 0 Å². The van der Waals surface area contributed by atoms with E-state index in [-0.39, 0.29) is 24.1 Å². The summed E-state index contributed by atoms with van der Waals surface area (Å²) < 4.78 is 6.10. The molecule has 0 aliphatic carbocycles. The number of aryl methyl sites for hydroxylation is 2. The molecular formula is C21H24N2O2. The lowest BCUT2D eigenvalue weighted by molar-refractivity contribution is 0.0358. The van der Waals surface area contributed by atoms with Crippen LogP contribution in [0.2, 0.25) is 0 Å². The number of hydrogen-bond acceptors (Lipinski definition) is 3. The Labute approximate surface area is 148 Å². The van der Waals surface area contributed by atoms with Crippen molar-refractivity contribution in [3.8, 4) is 5.75 Å². The summed E-state index contributed by atoms with van der Waals surface area (Å²) in [7, 11) is 0. The molecule has 1 aromatic carbocycles. The number of nitrogens with zero attached hydrogens (tertiary/aromatic N) is 2. The van der Waals surface area contributed by atoms with Gasteiger partial charge in [-0.15, -0.1) is 0 Å². The van der Waals surface area contributed by atoms with Crippen LogP contribution in [0.25, 0.3) is 0 Å². The number of ether oxygens (including phenoxy) is 1. The largest absolute Gasteiger partial charge is 0.489 e. The van der Waals surface area contributed by atoms with E-state index in [4.69, 9.17) is 4.74 Å². The minimum Gasteiger partial charge on any atom is -0.489 e. The molecule has 2 aromatic rings. The molecule has 3 heterocycles. The first kappa shape index (κ1) is 16.1. The van der Waals surface area contributed by atoms with Crippen molar-refractivity contribution in [2.75, 3.05) is 0 Å². The summed E-state index contributed by atoms with van der Waals surface area (Å²) in [6.07, 6.45) is 7.65. The Hall–Kier alpha value is -2.36. The van der Waals surface area contributed by atoms with E-state index in [0.717, 1.165) is 37.0 Å². The van der Waals surface area contributed by atoms with Crippen molar-refractivity contribution in [1.29, 1.82) is 0 Å². The van der Waals surface area contributed by atoms with E-state index in [1.54, 1.807) is 12.4 Å². The third-order valence-electron chi connectivity index (χ3n) is 5.62. The van der Waals surface area contributed by atoms with Gasteiger partial charge in [-0.2, -0.15) is 0 Å². The fourth-order valence-corrected chi connectivity index (χ4v) is 4.19. The third kappa shape index (κ3) is 3.13. The van der Waals surface area contributed by atoms with Gasteiger partial charge in [-0.05, 0) is 62.1 Å². The van der Waals surface area contributed by atoms with Gasteiger partial charge in [0.15, 0.2) is 0 Å². The molecule has 0 spiro atoms. The van der Waals surface area contributed by atoms with Crippen molar-refractivity contribution in [2.24, 2.45) is 0 Å². The SMILES string of the molecule is Cc1ccc(C(=O)N2C3CCC2CC(Oc2cccnc2)C3)cc1C. The van der Waals surface area contributed by atoms with Crippen molar-refractivity contribution < 1.29 is 9.53 Å². The molecule has 2 aliphatic rings. The molecule has 4 heteroatoms. The summed E-state index contributed by atoms with van der Waals surface area (Å²) in [5.41, 5.74) is 3.21. The van der Waals surface area contributed by atoms with Crippen LogP contribution in [0.1, 0.15) is 47.2 Å². The van der Waals surface area contributed by atoms with Crippen molar-refractivity contribution in [3.05, 3.63) is 59.4 Å². The van der Waals surface area contributed by atoms with Gasteiger partial charge in [0.2, 0.25) is 0 Å². The van der Waals surface area contributed by atoms with E-state index in [0.29, 0.717) is 0 Å². The number of pyridine rings is 1. The number of hydrogen-bond donors (Lipinski definition) is 0. The highest BCUT2D eigenvalue weighted by Crippen LogP contribution is 2.38. The number of carbonyl (C=O) groups is 1. The first-order chi connectivity index (χ1) is 12.1. The van der Waals surface area contributed by atoms with Gasteiger partial charge < -0.3 is 9.64 Å². The second-order valence-electron chi connectivity index (χ2n) is 7.30. The Kier molecular flexibility index (Phi) is 4.20. The first-order valence-electron chi connectivity index (χ1n) is 9.08. The van der Waals surface area contributed by atoms with Crippen LogP contribution in [0, 0.1) is 13.8 Å². The zero-order chi connectivity index (χ0) is 17.4. The average Bonchev–Trinajstić information content (AvgIpc) is 2.88. The fourth-order valence-electron chi connectivity index (χ4n) is 4.19. The highest BCUT2D eigenvalue weighted by atomic mass is 16.5. The zero-order valence-electron chi connectivity index (χ0n) is 14.8. The molecular weight excluding hydrogens is 312 g/mol. The van der Waals surface area contributed by atoms with Crippen LogP contribution >= 0.6 is 0 Å². The Balaban J connectivity index is 1.48. The van der Waals surface area contributed by atoms with Gasteiger partial charge in [0.1, 0.15) is 11.9 Å². The standard InChI is InChI=1S/C21H24N2O2/c1-14-5-6-16(10-15(14)2)21(24)23-17-7-8-18(23)12-20(11-17)25-19-4-3-9-22-13-19/h3-6,9-10,13,17-18,20H,7-8,11-12H2,1-2H3. The average molecular weight is 336 g/mol. The van der Waals surface area contributed by atoms with Gasteiger partial charge in [-0.1, -0.05) is 6.07 Å². The maximum absolute atomic E-state index is 13.1. The molecule has 130 valence electrons. The van der Waals surface area contributed by atoms with Crippen molar-refractivity contribution in [3.63, 3.8) is 0 Å². The molecule has 4 nitrogen and oxygen atoms in total. The molecule has 2 unspecified atom stereocenters. The van der Waals surface area contributed by atoms with Gasteiger partial charge in [-0.3, -0.25) is 9.78 Å². The number of amides is 1. The Morgan fingerprint density at radius 3 is 2.52 bits per heavy atom. The zero-order valence-corrected chi connectivity index (χ0v) is 14.8. The van der Waals surface area contributed by atoms with Crippen molar-refractivity contribution >= 4 is 5.91 Å². The lowest BCUT2D eigenvalue weighted by atomic mass is 9.97. The van der Waals surface area contributed by atoms with Crippen LogP contribution in [-0.4, -0.2) is 34.0 Å². The third-order valence-corrected chi connectivity index (χ3v) is 5.62. The highest BCUT2D eigenvalue weighted by molar-refractivity contribution is 5.95. The van der Waals surface area contributed by atoms with Crippen LogP contribution in [0.4, 0.5) is 0 Å².